The second-order valence-electron chi connectivity index (χ2n) is 1.66. The number of hydrogen-bond donors (Lipinski definition) is 9. The largest absolute Gasteiger partial charge is 0.464 e. The molecule has 0 saturated heterocycles. The highest BCUT2D eigenvalue weighted by molar-refractivity contribution is 8.10. The van der Waals surface area contributed by atoms with Crippen molar-refractivity contribution in [2.75, 3.05) is 0 Å². The summed E-state index contributed by atoms with van der Waals surface area (Å²) < 4.78 is 4.25. The minimum Gasteiger partial charge on any atom is -0.464 e. The Kier molecular flexibility index (Phi) is 28.5. The minimum absolute atomic E-state index is 0.194. The zero-order chi connectivity index (χ0) is 16.6. The zero-order valence-corrected chi connectivity index (χ0v) is 14.2. The fraction of sp³-hybridized carbons (Fsp3) is 0. The maximum absolute atomic E-state index is 9.47. The molecular formula is C4H12N4O5S6. The topological polar surface area (TPSA) is 162 Å². The molecule has 19 heavy (non-hydrogen) atoms. The molecular weight excluding hydrogens is 376 g/mol. The summed E-state index contributed by atoms with van der Waals surface area (Å²) in [6, 6.07) is 0. The van der Waals surface area contributed by atoms with Crippen molar-refractivity contribution in [1.29, 1.82) is 0 Å². The summed E-state index contributed by atoms with van der Waals surface area (Å²) in [4.78, 5) is 27.9. The highest BCUT2D eigenvalue weighted by Gasteiger charge is 1.95. The summed E-state index contributed by atoms with van der Waals surface area (Å²) in [5, 5.41) is 7.13. The molecule has 0 rings (SSSR count). The van der Waals surface area contributed by atoms with Crippen LogP contribution in [0.4, 0.5) is 14.4 Å². The van der Waals surface area contributed by atoms with Gasteiger partial charge in [0.25, 0.3) is 5.24 Å². The molecule has 0 aromatic carbocycles. The van der Waals surface area contributed by atoms with Gasteiger partial charge in [-0.15, -0.1) is 12.6 Å². The summed E-state index contributed by atoms with van der Waals surface area (Å²) in [6.07, 6.45) is -2.06. The second-order valence-corrected chi connectivity index (χ2v) is 4.62. The van der Waals surface area contributed by atoms with E-state index in [9.17, 15) is 9.59 Å². The Morgan fingerprint density at radius 1 is 1.11 bits per heavy atom. The molecule has 0 spiro atoms. The van der Waals surface area contributed by atoms with Crippen molar-refractivity contribution < 1.29 is 23.7 Å². The lowest BCUT2D eigenvalue weighted by atomic mass is 11.3. The van der Waals surface area contributed by atoms with E-state index in [4.69, 9.17) is 15.6 Å². The van der Waals surface area contributed by atoms with Crippen LogP contribution in [0.15, 0.2) is 0 Å². The Balaban J connectivity index is -0.0000000803. The predicted molar refractivity (Wildman–Crippen MR) is 91.8 cm³/mol. The summed E-state index contributed by atoms with van der Waals surface area (Å²) in [6.45, 7) is 0. The van der Waals surface area contributed by atoms with Crippen molar-refractivity contribution in [2.24, 2.45) is 17.2 Å². The highest BCUT2D eigenvalue weighted by Crippen LogP contribution is 1.94. The van der Waals surface area contributed by atoms with Crippen LogP contribution in [0.2, 0.25) is 0 Å². The Bertz CT molecular complexity index is 269. The number of thiocarbonyl (C=S) groups is 1. The first kappa shape index (κ1) is 27.1. The van der Waals surface area contributed by atoms with E-state index < -0.39 is 17.4 Å². The standard InChI is InChI=1S/CH3NO2S2.CH3NO2S.CH3NOS.CH3NS2/c3-1(4)2(5)6;2-1(3)4-5;2*2-1(3)4/h5-6H,(H,3,4);5H,(H2,2,3);2*(H3,2,3,4). The van der Waals surface area contributed by atoms with Gasteiger partial charge in [0.15, 0.2) is 0 Å². The molecule has 0 bridgehead atoms. The van der Waals surface area contributed by atoms with Crippen molar-refractivity contribution in [3.05, 3.63) is 0 Å². The van der Waals surface area contributed by atoms with Crippen LogP contribution in [0.1, 0.15) is 0 Å². The van der Waals surface area contributed by atoms with E-state index in [1.165, 1.54) is 0 Å². The lowest BCUT2D eigenvalue weighted by Crippen LogP contribution is -2.06. The molecule has 7 N–H and O–H groups in total. The van der Waals surface area contributed by atoms with Gasteiger partial charge in [0.2, 0.25) is 0 Å². The molecule has 114 valence electrons. The summed E-state index contributed by atoms with van der Waals surface area (Å²) >= 11 is 20.4. The first-order valence-corrected chi connectivity index (χ1v) is 5.83. The van der Waals surface area contributed by atoms with E-state index in [1.807, 2.05) is 0 Å². The minimum atomic E-state index is -1.18. The highest BCUT2D eigenvalue weighted by atomic mass is 32.2. The number of primary amides is 2. The number of nitrogens with zero attached hydrogens (tertiary/aromatic N) is 1. The molecule has 0 fully saturated rings. The summed E-state index contributed by atoms with van der Waals surface area (Å²) in [5.74, 6) is 0. The van der Waals surface area contributed by atoms with Gasteiger partial charge >= 0.3 is 12.2 Å². The monoisotopic (exact) mass is 388 g/mol. The number of carboxylic acid groups (broad SMARTS) is 1. The predicted octanol–water partition coefficient (Wildman–Crippen LogP) is 0.737. The molecule has 0 aliphatic carbocycles. The van der Waals surface area contributed by atoms with Gasteiger partial charge in [0.1, 0.15) is 4.32 Å². The van der Waals surface area contributed by atoms with E-state index in [2.05, 4.69) is 91.7 Å². The second kappa shape index (κ2) is 20.0. The van der Waals surface area contributed by atoms with Crippen LogP contribution >= 0.6 is 76.0 Å². The van der Waals surface area contributed by atoms with Gasteiger partial charge in [0.05, 0.1) is 0 Å². The fourth-order valence-corrected chi connectivity index (χ4v) is 0. The first-order chi connectivity index (χ1) is 8.38. The normalized spacial score (nSPS) is 6.79. The number of thiol groups is 5. The van der Waals surface area contributed by atoms with E-state index in [1.54, 1.807) is 0 Å². The zero-order valence-electron chi connectivity index (χ0n) is 8.90. The molecule has 0 aliphatic rings. The average Bonchev–Trinajstić information content (AvgIpc) is 2.16. The van der Waals surface area contributed by atoms with Crippen LogP contribution in [0.5, 0.6) is 0 Å². The fourth-order valence-electron chi connectivity index (χ4n) is 0. The van der Waals surface area contributed by atoms with Crippen LogP contribution in [0, 0.1) is 0 Å². The number of carbonyl (C=O) groups excluding carboxylic acids is 2. The molecule has 0 heterocycles. The molecule has 0 unspecified atom stereocenters. The van der Waals surface area contributed by atoms with Gasteiger partial charge in [-0.2, -0.15) is 3.71 Å². The molecule has 15 heteroatoms. The van der Waals surface area contributed by atoms with Gasteiger partial charge in [-0.25, -0.2) is 9.59 Å². The molecule has 0 atom stereocenters. The maximum atomic E-state index is 9.47. The molecule has 0 radical (unpaired) electrons. The number of hydrogen-bond acceptors (Lipinski definition) is 8. The van der Waals surface area contributed by atoms with Crippen molar-refractivity contribution in [2.45, 2.75) is 0 Å². The molecule has 0 saturated carbocycles. The van der Waals surface area contributed by atoms with Crippen LogP contribution < -0.4 is 17.2 Å². The van der Waals surface area contributed by atoms with E-state index in [0.29, 0.717) is 3.71 Å². The molecule has 0 aromatic heterocycles. The van der Waals surface area contributed by atoms with E-state index in [-0.39, 0.29) is 4.32 Å². The lowest BCUT2D eigenvalue weighted by molar-refractivity contribution is 0.191. The maximum Gasteiger partial charge on any atom is 0.427 e. The van der Waals surface area contributed by atoms with Crippen LogP contribution in [-0.4, -0.2) is 30.6 Å². The van der Waals surface area contributed by atoms with Gasteiger partial charge in [-0.3, -0.25) is 4.79 Å². The Labute approximate surface area is 142 Å². The van der Waals surface area contributed by atoms with Gasteiger partial charge in [0, 0.05) is 12.9 Å². The average molecular weight is 389 g/mol. The SMILES string of the molecule is NC(=O)OS.NC(=O)S.NC(=S)S.O=C(O)N(S)S. The number of amides is 3. The smallest absolute Gasteiger partial charge is 0.427 e. The van der Waals surface area contributed by atoms with E-state index >= 15 is 0 Å². The van der Waals surface area contributed by atoms with Gasteiger partial charge in [-0.05, 0) is 25.6 Å². The number of carbonyl (C=O) groups is 3. The third-order valence-corrected chi connectivity index (χ3v) is 0.783. The van der Waals surface area contributed by atoms with Crippen molar-refractivity contribution >= 4 is 97.8 Å². The van der Waals surface area contributed by atoms with Crippen molar-refractivity contribution in [3.63, 3.8) is 0 Å². The molecule has 9 nitrogen and oxygen atoms in total. The lowest BCUT2D eigenvalue weighted by Gasteiger charge is -1.95. The Hall–Kier alpha value is -0.350. The third-order valence-electron chi connectivity index (χ3n) is 0.261. The molecule has 0 aliphatic heterocycles. The summed E-state index contributed by atoms with van der Waals surface area (Å²) in [7, 11) is 0. The first-order valence-electron chi connectivity index (χ1n) is 3.36. The number of nitrogens with two attached hydrogens (primary N) is 3. The van der Waals surface area contributed by atoms with Crippen LogP contribution in [0.25, 0.3) is 0 Å². The van der Waals surface area contributed by atoms with Crippen LogP contribution in [-0.2, 0) is 4.18 Å². The van der Waals surface area contributed by atoms with Crippen molar-refractivity contribution in [1.82, 2.24) is 3.71 Å². The quantitative estimate of drug-likeness (QED) is 0.168. The molecule has 3 amide bonds. The summed E-state index contributed by atoms with van der Waals surface area (Å²) in [5.41, 5.74) is 13.4. The molecule has 0 aromatic rings. The third kappa shape index (κ3) is 135. The Morgan fingerprint density at radius 2 is 1.21 bits per heavy atom. The van der Waals surface area contributed by atoms with Gasteiger partial charge in [-0.1, -0.05) is 24.8 Å². The van der Waals surface area contributed by atoms with Gasteiger partial charge < -0.3 is 26.5 Å². The van der Waals surface area contributed by atoms with Crippen LogP contribution in [0.3, 0.4) is 0 Å². The van der Waals surface area contributed by atoms with E-state index in [0.717, 1.165) is 0 Å². The number of rotatable bonds is 0. The Morgan fingerprint density at radius 3 is 1.21 bits per heavy atom. The van der Waals surface area contributed by atoms with Crippen molar-refractivity contribution in [3.8, 4) is 0 Å².